The second-order valence-corrected chi connectivity index (χ2v) is 17.1. The highest BCUT2D eigenvalue weighted by atomic mass is 32.1. The van der Waals surface area contributed by atoms with Gasteiger partial charge in [0.15, 0.2) is 0 Å². The summed E-state index contributed by atoms with van der Waals surface area (Å²) in [6.07, 6.45) is 24.3. The van der Waals surface area contributed by atoms with Crippen LogP contribution in [0.3, 0.4) is 0 Å². The lowest BCUT2D eigenvalue weighted by molar-refractivity contribution is -0.0798. The molecule has 6 fully saturated rings. The molecule has 4 atom stereocenters. The summed E-state index contributed by atoms with van der Waals surface area (Å²) in [7, 11) is 0. The first-order valence-electron chi connectivity index (χ1n) is 19.5. The van der Waals surface area contributed by atoms with Crippen molar-refractivity contribution < 1.29 is 20.0 Å². The third kappa shape index (κ3) is 6.09. The number of thiol groups is 2. The Morgan fingerprint density at radius 2 is 0.872 bits per heavy atom. The fraction of sp³-hybridized carbons (Fsp3) is 0.700. The first kappa shape index (κ1) is 33.2. The van der Waals surface area contributed by atoms with Crippen LogP contribution in [0, 0.1) is 23.7 Å². The number of rotatable bonds is 6. The minimum Gasteiger partial charge on any atom is -0.514 e. The first-order valence-corrected chi connectivity index (χ1v) is 20.4. The maximum absolute atomic E-state index is 7.81. The predicted molar refractivity (Wildman–Crippen MR) is 196 cm³/mol. The van der Waals surface area contributed by atoms with Gasteiger partial charge < -0.3 is 18.6 Å². The Hall–Kier alpha value is -0.955. The zero-order valence-electron chi connectivity index (χ0n) is 29.3. The second-order valence-electron chi connectivity index (χ2n) is 16.1. The monoisotopic (exact) mass is 676 g/mol. The van der Waals surface area contributed by atoms with E-state index in [2.05, 4.69) is 48.5 Å². The second kappa shape index (κ2) is 14.0. The molecule has 2 aromatic carbocycles. The quantitative estimate of drug-likeness (QED) is 0.236. The Bertz CT molecular complexity index is 1270. The van der Waals surface area contributed by atoms with E-state index < -0.39 is 18.2 Å². The van der Waals surface area contributed by atoms with E-state index in [1.807, 2.05) is 0 Å². The van der Waals surface area contributed by atoms with Gasteiger partial charge in [-0.05, 0) is 110 Å². The summed E-state index contributed by atoms with van der Waals surface area (Å²) in [5.74, 6) is 1.54. The van der Waals surface area contributed by atoms with Crippen molar-refractivity contribution in [1.82, 2.24) is 0 Å². The molecule has 7 heteroatoms. The molecule has 256 valence electrons. The van der Waals surface area contributed by atoms with Crippen LogP contribution in [0.2, 0.25) is 0 Å². The highest BCUT2D eigenvalue weighted by Crippen LogP contribution is 2.62. The number of hydrogen-bond donors (Lipinski definition) is 2. The number of hydrogen-bond acceptors (Lipinski definition) is 6. The van der Waals surface area contributed by atoms with Crippen LogP contribution in [0.5, 0.6) is 0 Å². The Kier molecular flexibility index (Phi) is 9.88. The van der Waals surface area contributed by atoms with Gasteiger partial charge in [0, 0.05) is 9.79 Å². The van der Waals surface area contributed by atoms with Gasteiger partial charge in [-0.1, -0.05) is 101 Å². The molecule has 0 bridgehead atoms. The minimum atomic E-state index is -2.49. The SMILES string of the molecule is Sc1cccc(C2(C3CCCCC3)O[B-]3(OC2C2CCCCC2)OC(C2CCCCC2)C(c2cccc(S)c2)(C2CCCCC2)O3)c1.[H+]. The van der Waals surface area contributed by atoms with Crippen molar-refractivity contribution in [3.8, 4) is 0 Å². The van der Waals surface area contributed by atoms with Gasteiger partial charge in [-0.3, -0.25) is 0 Å². The summed E-state index contributed by atoms with van der Waals surface area (Å²) < 4.78 is 30.8. The van der Waals surface area contributed by atoms with Crippen LogP contribution in [-0.2, 0) is 29.8 Å². The summed E-state index contributed by atoms with van der Waals surface area (Å²) >= 11 is 9.77. The molecule has 2 saturated heterocycles. The van der Waals surface area contributed by atoms with Crippen molar-refractivity contribution in [2.45, 2.75) is 162 Å². The van der Waals surface area contributed by atoms with E-state index in [1.54, 1.807) is 0 Å². The van der Waals surface area contributed by atoms with Crippen molar-refractivity contribution in [1.29, 1.82) is 0 Å². The zero-order chi connectivity index (χ0) is 31.9. The van der Waals surface area contributed by atoms with Crippen LogP contribution < -0.4 is 0 Å². The molecule has 0 aromatic heterocycles. The molecule has 4 saturated carbocycles. The minimum absolute atomic E-state index is 0. The van der Waals surface area contributed by atoms with Crippen LogP contribution in [0.4, 0.5) is 0 Å². The van der Waals surface area contributed by atoms with Crippen LogP contribution in [0.15, 0.2) is 58.3 Å². The Morgan fingerprint density at radius 1 is 0.511 bits per heavy atom. The Morgan fingerprint density at radius 3 is 1.23 bits per heavy atom. The summed E-state index contributed by atoms with van der Waals surface area (Å²) in [5.41, 5.74) is 1.18. The molecular formula is C40H57BO4S2. The van der Waals surface area contributed by atoms with Gasteiger partial charge >= 0.3 is 8.38 Å². The normalized spacial score (nSPS) is 36.7. The van der Waals surface area contributed by atoms with Gasteiger partial charge in [0.05, 0.1) is 23.4 Å². The lowest BCUT2D eigenvalue weighted by atomic mass is 9.66. The topological polar surface area (TPSA) is 36.9 Å². The van der Waals surface area contributed by atoms with Crippen molar-refractivity contribution in [3.63, 3.8) is 0 Å². The summed E-state index contributed by atoms with van der Waals surface area (Å²) in [6, 6.07) is 17.6. The van der Waals surface area contributed by atoms with Crippen molar-refractivity contribution >= 4 is 32.2 Å². The molecule has 0 amide bonds. The summed E-state index contributed by atoms with van der Waals surface area (Å²) in [6.45, 7) is -2.49. The predicted octanol–water partition coefficient (Wildman–Crippen LogP) is 11.1. The van der Waals surface area contributed by atoms with Crippen LogP contribution in [0.25, 0.3) is 0 Å². The molecule has 2 aliphatic heterocycles. The fourth-order valence-corrected chi connectivity index (χ4v) is 11.7. The molecule has 8 rings (SSSR count). The van der Waals surface area contributed by atoms with Gasteiger partial charge in [0.2, 0.25) is 0 Å². The van der Waals surface area contributed by atoms with Crippen molar-refractivity contribution in [3.05, 3.63) is 59.7 Å². The van der Waals surface area contributed by atoms with Crippen molar-refractivity contribution in [2.24, 2.45) is 23.7 Å². The number of benzene rings is 2. The molecule has 4 aliphatic carbocycles. The molecule has 6 aliphatic rings. The molecule has 0 N–H and O–H groups in total. The van der Waals surface area contributed by atoms with Crippen LogP contribution >= 0.6 is 25.3 Å². The van der Waals surface area contributed by atoms with Gasteiger partial charge in [-0.25, -0.2) is 0 Å². The zero-order valence-corrected chi connectivity index (χ0v) is 30.1. The average Bonchev–Trinajstić information content (AvgIpc) is 3.66. The molecule has 47 heavy (non-hydrogen) atoms. The van der Waals surface area contributed by atoms with Crippen molar-refractivity contribution in [2.75, 3.05) is 0 Å². The highest BCUT2D eigenvalue weighted by Gasteiger charge is 2.68. The standard InChI is InChI=1S/C40H56BO4S2/c46-35-25-13-23-33(27-35)39(31-19-9-3-10-20-31)37(29-15-5-1-6-16-29)42-41(44-39)43-38(30-17-7-2-8-18-30)40(45-41,32-21-11-4-12-22-32)34-24-14-26-36(47)28-34/h13-14,23-32,37-38,46-47H,1-12,15-22H2/q-1/p+1. The lowest BCUT2D eigenvalue weighted by Crippen LogP contribution is -2.50. The Labute approximate surface area is 296 Å². The molecular weight excluding hydrogens is 619 g/mol. The molecule has 0 radical (unpaired) electrons. The van der Waals surface area contributed by atoms with Gasteiger partial charge in [0.1, 0.15) is 0 Å². The lowest BCUT2D eigenvalue weighted by Gasteiger charge is -2.49. The third-order valence-corrected chi connectivity index (χ3v) is 13.9. The fourth-order valence-electron chi connectivity index (χ4n) is 11.3. The molecule has 2 heterocycles. The van der Waals surface area contributed by atoms with Crippen LogP contribution in [0.1, 0.15) is 141 Å². The maximum atomic E-state index is 7.81. The van der Waals surface area contributed by atoms with E-state index in [0.29, 0.717) is 23.7 Å². The largest absolute Gasteiger partial charge is 1.00 e. The van der Waals surface area contributed by atoms with Gasteiger partial charge in [-0.2, -0.15) is 0 Å². The highest BCUT2D eigenvalue weighted by molar-refractivity contribution is 7.80. The van der Waals surface area contributed by atoms with Crippen LogP contribution in [-0.4, -0.2) is 19.2 Å². The summed E-state index contributed by atoms with van der Waals surface area (Å²) in [5, 5.41) is 0. The van der Waals surface area contributed by atoms with E-state index in [9.17, 15) is 0 Å². The molecule has 2 aromatic rings. The van der Waals surface area contributed by atoms with Gasteiger partial charge in [0.25, 0.3) is 0 Å². The summed E-state index contributed by atoms with van der Waals surface area (Å²) in [4.78, 5) is 1.96. The molecule has 4 unspecified atom stereocenters. The van der Waals surface area contributed by atoms with E-state index in [1.165, 1.54) is 114 Å². The average molecular weight is 677 g/mol. The maximum Gasteiger partial charge on any atom is 1.00 e. The van der Waals surface area contributed by atoms with E-state index in [-0.39, 0.29) is 13.6 Å². The molecule has 4 nitrogen and oxygen atoms in total. The van der Waals surface area contributed by atoms with Gasteiger partial charge in [-0.15, -0.1) is 25.3 Å². The van der Waals surface area contributed by atoms with E-state index in [0.717, 1.165) is 35.5 Å². The van der Waals surface area contributed by atoms with E-state index in [4.69, 9.17) is 43.9 Å². The van der Waals surface area contributed by atoms with E-state index >= 15 is 0 Å². The first-order chi connectivity index (χ1) is 23.0. The third-order valence-electron chi connectivity index (χ3n) is 13.3. The smallest absolute Gasteiger partial charge is 0.514 e. The molecule has 1 spiro atoms. The Balaban J connectivity index is 0.00000364.